The number of hydrogen-bond acceptors (Lipinski definition) is 4. The van der Waals surface area contributed by atoms with Crippen molar-refractivity contribution in [3.05, 3.63) is 65.7 Å². The highest BCUT2D eigenvalue weighted by Gasteiger charge is 2.21. The van der Waals surface area contributed by atoms with Crippen LogP contribution in [0.4, 0.5) is 4.39 Å². The van der Waals surface area contributed by atoms with Gasteiger partial charge in [-0.15, -0.1) is 5.10 Å². The molecule has 0 aliphatic heterocycles. The van der Waals surface area contributed by atoms with Crippen molar-refractivity contribution < 1.29 is 14.3 Å². The van der Waals surface area contributed by atoms with Gasteiger partial charge in [0.15, 0.2) is 5.69 Å². The number of halogens is 1. The van der Waals surface area contributed by atoms with E-state index < -0.39 is 5.97 Å². The Hall–Kier alpha value is -3.09. The maximum absolute atomic E-state index is 13.0. The van der Waals surface area contributed by atoms with Crippen LogP contribution in [0.2, 0.25) is 0 Å². The molecule has 0 aliphatic carbocycles. The fourth-order valence-electron chi connectivity index (χ4n) is 2.09. The zero-order valence-electron chi connectivity index (χ0n) is 11.3. The van der Waals surface area contributed by atoms with Crippen LogP contribution in [0, 0.1) is 5.82 Å². The molecule has 0 aliphatic rings. The molecule has 7 heteroatoms. The van der Waals surface area contributed by atoms with E-state index in [4.69, 9.17) is 0 Å². The van der Waals surface area contributed by atoms with E-state index in [2.05, 4.69) is 15.3 Å². The van der Waals surface area contributed by atoms with Crippen LogP contribution in [0.15, 0.2) is 48.7 Å². The smallest absolute Gasteiger partial charge is 0.358 e. The maximum atomic E-state index is 13.0. The molecule has 2 heterocycles. The lowest BCUT2D eigenvalue weighted by molar-refractivity contribution is 0.0691. The van der Waals surface area contributed by atoms with Crippen molar-refractivity contribution in [2.24, 2.45) is 0 Å². The molecule has 0 atom stereocenters. The van der Waals surface area contributed by atoms with Gasteiger partial charge in [0.05, 0.1) is 12.2 Å². The number of nitrogens with zero attached hydrogens (tertiary/aromatic N) is 4. The molecule has 1 N–H and O–H groups in total. The molecule has 3 rings (SSSR count). The number of pyridine rings is 1. The van der Waals surface area contributed by atoms with Gasteiger partial charge in [0.25, 0.3) is 0 Å². The largest absolute Gasteiger partial charge is 0.476 e. The zero-order valence-corrected chi connectivity index (χ0v) is 11.3. The quantitative estimate of drug-likeness (QED) is 0.798. The Morgan fingerprint density at radius 2 is 1.95 bits per heavy atom. The van der Waals surface area contributed by atoms with Gasteiger partial charge in [-0.2, -0.15) is 0 Å². The molecule has 3 aromatic rings. The van der Waals surface area contributed by atoms with E-state index in [1.54, 1.807) is 36.5 Å². The third-order valence-electron chi connectivity index (χ3n) is 3.09. The molecule has 6 nitrogen and oxygen atoms in total. The van der Waals surface area contributed by atoms with Gasteiger partial charge in [0.2, 0.25) is 0 Å². The summed E-state index contributed by atoms with van der Waals surface area (Å²) in [6.07, 6.45) is 1.57. The minimum atomic E-state index is -1.17. The van der Waals surface area contributed by atoms with Crippen LogP contribution < -0.4 is 0 Å². The minimum Gasteiger partial charge on any atom is -0.476 e. The second kappa shape index (κ2) is 5.72. The SMILES string of the molecule is O=C(O)c1nnn(Cc2ccc(F)cc2)c1-c1ccccn1. The lowest BCUT2D eigenvalue weighted by Crippen LogP contribution is -2.07. The number of hydrogen-bond donors (Lipinski definition) is 1. The van der Waals surface area contributed by atoms with E-state index in [-0.39, 0.29) is 18.1 Å². The van der Waals surface area contributed by atoms with Crippen molar-refractivity contribution in [2.75, 3.05) is 0 Å². The number of carbonyl (C=O) groups is 1. The summed E-state index contributed by atoms with van der Waals surface area (Å²) in [6, 6.07) is 11.1. The molecule has 0 fully saturated rings. The monoisotopic (exact) mass is 298 g/mol. The highest BCUT2D eigenvalue weighted by molar-refractivity contribution is 5.92. The van der Waals surface area contributed by atoms with E-state index in [9.17, 15) is 14.3 Å². The standard InChI is InChI=1S/C15H11FN4O2/c16-11-6-4-10(5-7-11)9-20-14(12-3-1-2-8-17-12)13(15(21)22)18-19-20/h1-8H,9H2,(H,21,22). The van der Waals surface area contributed by atoms with Gasteiger partial charge in [0.1, 0.15) is 11.5 Å². The first-order valence-corrected chi connectivity index (χ1v) is 6.48. The van der Waals surface area contributed by atoms with Gasteiger partial charge in [-0.3, -0.25) is 4.98 Å². The van der Waals surface area contributed by atoms with Crippen LogP contribution in [0.1, 0.15) is 16.1 Å². The predicted octanol–water partition coefficient (Wildman–Crippen LogP) is 2.23. The fraction of sp³-hybridized carbons (Fsp3) is 0.0667. The van der Waals surface area contributed by atoms with E-state index >= 15 is 0 Å². The Bertz CT molecular complexity index is 800. The summed E-state index contributed by atoms with van der Waals surface area (Å²) < 4.78 is 14.4. The van der Waals surface area contributed by atoms with Gasteiger partial charge in [-0.25, -0.2) is 13.9 Å². The molecular formula is C15H11FN4O2. The van der Waals surface area contributed by atoms with Gasteiger partial charge in [-0.05, 0) is 29.8 Å². The number of rotatable bonds is 4. The van der Waals surface area contributed by atoms with Crippen molar-refractivity contribution in [3.63, 3.8) is 0 Å². The van der Waals surface area contributed by atoms with E-state index in [0.717, 1.165) is 5.56 Å². The third-order valence-corrected chi connectivity index (χ3v) is 3.09. The summed E-state index contributed by atoms with van der Waals surface area (Å²) in [5, 5.41) is 16.8. The number of aromatic carboxylic acids is 1. The van der Waals surface area contributed by atoms with Crippen molar-refractivity contribution in [1.82, 2.24) is 20.0 Å². The average molecular weight is 298 g/mol. The average Bonchev–Trinajstić information content (AvgIpc) is 2.94. The highest BCUT2D eigenvalue weighted by Crippen LogP contribution is 2.21. The molecular weight excluding hydrogens is 287 g/mol. The van der Waals surface area contributed by atoms with Gasteiger partial charge in [-0.1, -0.05) is 23.4 Å². The van der Waals surface area contributed by atoms with E-state index in [0.29, 0.717) is 11.4 Å². The number of carboxylic acid groups (broad SMARTS) is 1. The summed E-state index contributed by atoms with van der Waals surface area (Å²) >= 11 is 0. The van der Waals surface area contributed by atoms with Crippen molar-refractivity contribution in [1.29, 1.82) is 0 Å². The van der Waals surface area contributed by atoms with Crippen LogP contribution >= 0.6 is 0 Å². The second-order valence-electron chi connectivity index (χ2n) is 4.59. The van der Waals surface area contributed by atoms with Gasteiger partial charge in [0, 0.05) is 6.20 Å². The molecule has 22 heavy (non-hydrogen) atoms. The van der Waals surface area contributed by atoms with Crippen LogP contribution in [0.3, 0.4) is 0 Å². The summed E-state index contributed by atoms with van der Waals surface area (Å²) in [4.78, 5) is 15.5. The Balaban J connectivity index is 2.05. The normalized spacial score (nSPS) is 10.6. The summed E-state index contributed by atoms with van der Waals surface area (Å²) in [7, 11) is 0. The highest BCUT2D eigenvalue weighted by atomic mass is 19.1. The maximum Gasteiger partial charge on any atom is 0.358 e. The second-order valence-corrected chi connectivity index (χ2v) is 4.59. The molecule has 0 radical (unpaired) electrons. The Morgan fingerprint density at radius 3 is 2.59 bits per heavy atom. The Labute approximate surface area is 124 Å². The summed E-state index contributed by atoms with van der Waals surface area (Å²) in [6.45, 7) is 0.270. The van der Waals surface area contributed by atoms with Crippen LogP contribution in [-0.4, -0.2) is 31.1 Å². The summed E-state index contributed by atoms with van der Waals surface area (Å²) in [5.41, 5.74) is 1.39. The summed E-state index contributed by atoms with van der Waals surface area (Å²) in [5.74, 6) is -1.51. The predicted molar refractivity (Wildman–Crippen MR) is 75.7 cm³/mol. The first-order valence-electron chi connectivity index (χ1n) is 6.48. The minimum absolute atomic E-state index is 0.166. The van der Waals surface area contributed by atoms with Crippen molar-refractivity contribution in [3.8, 4) is 11.4 Å². The first-order chi connectivity index (χ1) is 10.6. The van der Waals surface area contributed by atoms with Crippen LogP contribution in [-0.2, 0) is 6.54 Å². The molecule has 0 saturated heterocycles. The van der Waals surface area contributed by atoms with Crippen LogP contribution in [0.25, 0.3) is 11.4 Å². The molecule has 1 aromatic carbocycles. The lowest BCUT2D eigenvalue weighted by Gasteiger charge is -2.06. The molecule has 0 bridgehead atoms. The van der Waals surface area contributed by atoms with Crippen LogP contribution in [0.5, 0.6) is 0 Å². The number of benzene rings is 1. The van der Waals surface area contributed by atoms with E-state index in [1.165, 1.54) is 16.8 Å². The Morgan fingerprint density at radius 1 is 1.18 bits per heavy atom. The molecule has 110 valence electrons. The zero-order chi connectivity index (χ0) is 15.5. The number of aromatic nitrogens is 4. The molecule has 0 spiro atoms. The molecule has 0 saturated carbocycles. The molecule has 0 amide bonds. The lowest BCUT2D eigenvalue weighted by atomic mass is 10.2. The topological polar surface area (TPSA) is 80.9 Å². The fourth-order valence-corrected chi connectivity index (χ4v) is 2.09. The van der Waals surface area contributed by atoms with Crippen molar-refractivity contribution in [2.45, 2.75) is 6.54 Å². The Kier molecular flexibility index (Phi) is 3.61. The van der Waals surface area contributed by atoms with Gasteiger partial charge >= 0.3 is 5.97 Å². The van der Waals surface area contributed by atoms with Gasteiger partial charge < -0.3 is 5.11 Å². The molecule has 2 aromatic heterocycles. The molecule has 0 unspecified atom stereocenters. The van der Waals surface area contributed by atoms with E-state index in [1.807, 2.05) is 0 Å². The first kappa shape index (κ1) is 13.9. The van der Waals surface area contributed by atoms with Crippen molar-refractivity contribution >= 4 is 5.97 Å². The number of carboxylic acids is 1. The third kappa shape index (κ3) is 2.69.